The lowest BCUT2D eigenvalue weighted by atomic mass is 9.57. The zero-order valence-corrected chi connectivity index (χ0v) is 15.6. The average Bonchev–Trinajstić information content (AvgIpc) is 2.88. The highest BCUT2D eigenvalue weighted by Gasteiger charge is 2.49. The monoisotopic (exact) mass is 373 g/mol. The molecule has 1 aromatic heterocycles. The van der Waals surface area contributed by atoms with Gasteiger partial charge in [-0.2, -0.15) is 5.10 Å². The van der Waals surface area contributed by atoms with E-state index >= 15 is 0 Å². The first kappa shape index (κ1) is 17.9. The van der Waals surface area contributed by atoms with Crippen LogP contribution in [0.2, 0.25) is 0 Å². The van der Waals surface area contributed by atoms with Crippen molar-refractivity contribution < 1.29 is 14.0 Å². The number of aldehydes is 1. The Hall–Kier alpha value is -2.48. The van der Waals surface area contributed by atoms with E-state index in [1.165, 1.54) is 18.0 Å². The number of carbonyl (C=O) groups excluding carboxylic acids is 2. The highest BCUT2D eigenvalue weighted by molar-refractivity contribution is 6.01. The van der Waals surface area contributed by atoms with Gasteiger partial charge in [-0.05, 0) is 41.9 Å². The molecule has 1 saturated heterocycles. The second-order valence-electron chi connectivity index (χ2n) is 7.71. The fourth-order valence-corrected chi connectivity index (χ4v) is 4.38. The van der Waals surface area contributed by atoms with E-state index in [1.807, 2.05) is 6.07 Å². The Labute approximate surface area is 156 Å². The standard InChI is InChI=1S/C19H24FN5O2/c1-21-18(27)25(4-3-5-26)17-14-6-15(20)13(7-16(14)24(2)23-17)12-8-19(9-12)10-22-11-19/h5-7,12,22H,3-4,8-11H2,1-2H3,(H,21,27). The van der Waals surface area contributed by atoms with Gasteiger partial charge in [-0.25, -0.2) is 9.18 Å². The Kier molecular flexibility index (Phi) is 4.38. The molecule has 2 fully saturated rings. The predicted octanol–water partition coefficient (Wildman–Crippen LogP) is 1.91. The number of urea groups is 1. The summed E-state index contributed by atoms with van der Waals surface area (Å²) in [5.41, 5.74) is 1.89. The second kappa shape index (κ2) is 6.60. The van der Waals surface area contributed by atoms with E-state index in [1.54, 1.807) is 11.7 Å². The lowest BCUT2D eigenvalue weighted by molar-refractivity contribution is -0.107. The molecule has 0 unspecified atom stereocenters. The molecule has 1 aliphatic carbocycles. The number of aromatic nitrogens is 2. The van der Waals surface area contributed by atoms with Crippen LogP contribution in [0.3, 0.4) is 0 Å². The maximum absolute atomic E-state index is 14.9. The van der Waals surface area contributed by atoms with Crippen LogP contribution >= 0.6 is 0 Å². The molecular formula is C19H24FN5O2. The van der Waals surface area contributed by atoms with Crippen LogP contribution in [0.4, 0.5) is 15.0 Å². The van der Waals surface area contributed by atoms with Crippen LogP contribution in [-0.4, -0.2) is 48.8 Å². The number of carbonyl (C=O) groups is 2. The van der Waals surface area contributed by atoms with E-state index in [-0.39, 0.29) is 30.7 Å². The molecule has 1 aliphatic heterocycles. The van der Waals surface area contributed by atoms with E-state index in [0.29, 0.717) is 16.6 Å². The molecular weight excluding hydrogens is 349 g/mol. The lowest BCUT2D eigenvalue weighted by Gasteiger charge is -2.54. The first-order chi connectivity index (χ1) is 13.0. The molecule has 0 radical (unpaired) electrons. The molecule has 4 rings (SSSR count). The van der Waals surface area contributed by atoms with Crippen LogP contribution in [0.25, 0.3) is 10.9 Å². The Bertz CT molecular complexity index is 897. The number of fused-ring (bicyclic) bond motifs is 1. The van der Waals surface area contributed by atoms with Crippen molar-refractivity contribution in [3.63, 3.8) is 0 Å². The SMILES string of the molecule is CNC(=O)N(CCC=O)c1nn(C)c2cc(C3CC4(CNC4)C3)c(F)cc12. The van der Waals surface area contributed by atoms with E-state index < -0.39 is 0 Å². The Balaban J connectivity index is 1.70. The third kappa shape index (κ3) is 2.88. The maximum atomic E-state index is 14.9. The maximum Gasteiger partial charge on any atom is 0.322 e. The van der Waals surface area contributed by atoms with E-state index in [9.17, 15) is 14.0 Å². The fraction of sp³-hybridized carbons (Fsp3) is 0.526. The summed E-state index contributed by atoms with van der Waals surface area (Å²) in [5.74, 6) is 0.350. The average molecular weight is 373 g/mol. The predicted molar refractivity (Wildman–Crippen MR) is 100 cm³/mol. The number of nitrogens with one attached hydrogen (secondary N) is 2. The molecule has 0 atom stereocenters. The Morgan fingerprint density at radius 3 is 2.81 bits per heavy atom. The number of anilines is 1. The van der Waals surface area contributed by atoms with Gasteiger partial charge in [0.15, 0.2) is 5.82 Å². The molecule has 0 bridgehead atoms. The summed E-state index contributed by atoms with van der Waals surface area (Å²) in [5, 5.41) is 10.9. The third-order valence-electron chi connectivity index (χ3n) is 5.93. The summed E-state index contributed by atoms with van der Waals surface area (Å²) in [6.07, 6.45) is 2.96. The van der Waals surface area contributed by atoms with Gasteiger partial charge in [0.25, 0.3) is 0 Å². The Morgan fingerprint density at radius 1 is 1.48 bits per heavy atom. The van der Waals surface area contributed by atoms with Crippen LogP contribution in [-0.2, 0) is 11.8 Å². The minimum absolute atomic E-state index is 0.185. The lowest BCUT2D eigenvalue weighted by Crippen LogP contribution is -2.59. The molecule has 2 aromatic rings. The van der Waals surface area contributed by atoms with Gasteiger partial charge in [-0.1, -0.05) is 0 Å². The van der Waals surface area contributed by atoms with Crippen LogP contribution in [0.1, 0.15) is 30.7 Å². The molecule has 1 aromatic carbocycles. The van der Waals surface area contributed by atoms with E-state index in [4.69, 9.17) is 0 Å². The van der Waals surface area contributed by atoms with Crippen molar-refractivity contribution in [3.05, 3.63) is 23.5 Å². The number of rotatable bonds is 5. The van der Waals surface area contributed by atoms with Gasteiger partial charge in [0.05, 0.1) is 5.52 Å². The minimum Gasteiger partial charge on any atom is -0.341 e. The van der Waals surface area contributed by atoms with Gasteiger partial charge in [0.2, 0.25) is 0 Å². The van der Waals surface area contributed by atoms with Crippen LogP contribution in [0, 0.1) is 11.2 Å². The summed E-state index contributed by atoms with van der Waals surface area (Å²) < 4.78 is 16.6. The summed E-state index contributed by atoms with van der Waals surface area (Å²) in [6.45, 7) is 2.25. The molecule has 2 aliphatic rings. The molecule has 2 heterocycles. The van der Waals surface area contributed by atoms with Crippen molar-refractivity contribution in [3.8, 4) is 0 Å². The molecule has 2 N–H and O–H groups in total. The fourth-order valence-electron chi connectivity index (χ4n) is 4.38. The van der Waals surface area contributed by atoms with Crippen LogP contribution < -0.4 is 15.5 Å². The second-order valence-corrected chi connectivity index (χ2v) is 7.71. The van der Waals surface area contributed by atoms with Crippen LogP contribution in [0.5, 0.6) is 0 Å². The number of nitrogens with zero attached hydrogens (tertiary/aromatic N) is 3. The van der Waals surface area contributed by atoms with Crippen molar-refractivity contribution in [2.45, 2.75) is 25.2 Å². The molecule has 8 heteroatoms. The van der Waals surface area contributed by atoms with Gasteiger partial charge in [-0.3, -0.25) is 9.58 Å². The van der Waals surface area contributed by atoms with Crippen molar-refractivity contribution >= 4 is 29.0 Å². The molecule has 2 amide bonds. The van der Waals surface area contributed by atoms with E-state index in [2.05, 4.69) is 15.7 Å². The summed E-state index contributed by atoms with van der Waals surface area (Å²) in [7, 11) is 3.30. The van der Waals surface area contributed by atoms with E-state index in [0.717, 1.165) is 43.3 Å². The minimum atomic E-state index is -0.375. The molecule has 1 saturated carbocycles. The Morgan fingerprint density at radius 2 is 2.22 bits per heavy atom. The van der Waals surface area contributed by atoms with Gasteiger partial charge >= 0.3 is 6.03 Å². The number of benzene rings is 1. The first-order valence-electron chi connectivity index (χ1n) is 9.28. The zero-order valence-electron chi connectivity index (χ0n) is 15.6. The van der Waals surface area contributed by atoms with Crippen molar-refractivity contribution in [1.29, 1.82) is 0 Å². The molecule has 1 spiro atoms. The molecule has 27 heavy (non-hydrogen) atoms. The van der Waals surface area contributed by atoms with Crippen LogP contribution in [0.15, 0.2) is 12.1 Å². The van der Waals surface area contributed by atoms with Gasteiger partial charge in [0.1, 0.15) is 12.1 Å². The quantitative estimate of drug-likeness (QED) is 0.785. The smallest absolute Gasteiger partial charge is 0.322 e. The highest BCUT2D eigenvalue weighted by Crippen LogP contribution is 2.54. The van der Waals surface area contributed by atoms with Gasteiger partial charge in [0, 0.05) is 45.5 Å². The number of halogens is 1. The normalized spacial score (nSPS) is 18.2. The number of aryl methyl sites for hydroxylation is 1. The van der Waals surface area contributed by atoms with Gasteiger partial charge < -0.3 is 15.4 Å². The van der Waals surface area contributed by atoms with Crippen molar-refractivity contribution in [2.75, 3.05) is 31.6 Å². The first-order valence-corrected chi connectivity index (χ1v) is 9.28. The summed E-state index contributed by atoms with van der Waals surface area (Å²) in [6, 6.07) is 2.97. The van der Waals surface area contributed by atoms with Crippen molar-refractivity contribution in [1.82, 2.24) is 20.4 Å². The van der Waals surface area contributed by atoms with Gasteiger partial charge in [-0.15, -0.1) is 0 Å². The topological polar surface area (TPSA) is 79.3 Å². The largest absolute Gasteiger partial charge is 0.341 e. The third-order valence-corrected chi connectivity index (χ3v) is 5.93. The zero-order chi connectivity index (χ0) is 19.2. The van der Waals surface area contributed by atoms with Crippen molar-refractivity contribution in [2.24, 2.45) is 12.5 Å². The summed E-state index contributed by atoms with van der Waals surface area (Å²) in [4.78, 5) is 24.4. The number of hydrogen-bond acceptors (Lipinski definition) is 4. The number of hydrogen-bond donors (Lipinski definition) is 2. The molecule has 7 nitrogen and oxygen atoms in total. The molecule has 144 valence electrons. The highest BCUT2D eigenvalue weighted by atomic mass is 19.1. The summed E-state index contributed by atoms with van der Waals surface area (Å²) >= 11 is 0. The number of amides is 2.